The van der Waals surface area contributed by atoms with E-state index in [9.17, 15) is 5.11 Å². The molecular weight excluding hydrogens is 202 g/mol. The van der Waals surface area contributed by atoms with Crippen molar-refractivity contribution in [3.63, 3.8) is 0 Å². The van der Waals surface area contributed by atoms with Crippen molar-refractivity contribution in [2.75, 3.05) is 13.1 Å². The van der Waals surface area contributed by atoms with Crippen LogP contribution in [0, 0.1) is 5.92 Å². The molecule has 1 saturated heterocycles. The summed E-state index contributed by atoms with van der Waals surface area (Å²) in [7, 11) is 0. The quantitative estimate of drug-likeness (QED) is 0.804. The van der Waals surface area contributed by atoms with Crippen LogP contribution in [-0.4, -0.2) is 24.3 Å². The van der Waals surface area contributed by atoms with Gasteiger partial charge in [-0.1, -0.05) is 13.0 Å². The summed E-state index contributed by atoms with van der Waals surface area (Å²) in [6, 6.07) is 7.03. The number of benzene rings is 1. The first kappa shape index (κ1) is 11.3. The van der Waals surface area contributed by atoms with E-state index in [0.717, 1.165) is 31.7 Å². The maximum Gasteiger partial charge on any atom is 0.123 e. The number of phenols is 1. The Labute approximate surface area is 96.4 Å². The van der Waals surface area contributed by atoms with Gasteiger partial charge in [0.15, 0.2) is 0 Å². The van der Waals surface area contributed by atoms with Crippen molar-refractivity contribution in [1.29, 1.82) is 0 Å². The van der Waals surface area contributed by atoms with Crippen LogP contribution >= 0.6 is 0 Å². The number of phenolic OH excluding ortho intramolecular Hbond substituents is 1. The third-order valence-electron chi connectivity index (χ3n) is 3.05. The van der Waals surface area contributed by atoms with Gasteiger partial charge in [-0.15, -0.1) is 0 Å². The lowest BCUT2D eigenvalue weighted by atomic mass is 10.0. The molecule has 3 heteroatoms. The molecule has 0 saturated carbocycles. The van der Waals surface area contributed by atoms with Crippen LogP contribution in [0.3, 0.4) is 0 Å². The predicted octanol–water partition coefficient (Wildman–Crippen LogP) is 2.16. The van der Waals surface area contributed by atoms with E-state index in [1.807, 2.05) is 12.1 Å². The van der Waals surface area contributed by atoms with Crippen LogP contribution in [0.5, 0.6) is 11.5 Å². The highest BCUT2D eigenvalue weighted by Crippen LogP contribution is 2.23. The van der Waals surface area contributed by atoms with E-state index in [1.165, 1.54) is 0 Å². The lowest BCUT2D eigenvalue weighted by Crippen LogP contribution is -2.29. The zero-order valence-corrected chi connectivity index (χ0v) is 9.65. The first-order valence-electron chi connectivity index (χ1n) is 5.92. The highest BCUT2D eigenvalue weighted by atomic mass is 16.5. The molecule has 1 aromatic carbocycles. The summed E-state index contributed by atoms with van der Waals surface area (Å²) in [6.07, 6.45) is 2.47. The minimum Gasteiger partial charge on any atom is -0.508 e. The third-order valence-corrected chi connectivity index (χ3v) is 3.05. The summed E-state index contributed by atoms with van der Waals surface area (Å²) >= 11 is 0. The van der Waals surface area contributed by atoms with E-state index in [0.29, 0.717) is 5.92 Å². The standard InChI is InChI=1S/C13H19NO2/c1-10-9-14-7-3-6-13(10)16-12-5-2-4-11(15)8-12/h2,4-5,8,10,13-15H,3,6-7,9H2,1H3. The lowest BCUT2D eigenvalue weighted by Gasteiger charge is -2.22. The van der Waals surface area contributed by atoms with Crippen molar-refractivity contribution in [1.82, 2.24) is 5.32 Å². The van der Waals surface area contributed by atoms with Crippen molar-refractivity contribution in [3.05, 3.63) is 24.3 Å². The highest BCUT2D eigenvalue weighted by Gasteiger charge is 2.21. The van der Waals surface area contributed by atoms with Crippen LogP contribution in [0.15, 0.2) is 24.3 Å². The molecule has 2 rings (SSSR count). The minimum atomic E-state index is 0.247. The molecule has 1 aromatic rings. The fourth-order valence-corrected chi connectivity index (χ4v) is 2.08. The maximum atomic E-state index is 9.37. The van der Waals surface area contributed by atoms with Gasteiger partial charge >= 0.3 is 0 Å². The number of hydrogen-bond acceptors (Lipinski definition) is 3. The summed E-state index contributed by atoms with van der Waals surface area (Å²) < 4.78 is 5.93. The van der Waals surface area contributed by atoms with Gasteiger partial charge in [-0.3, -0.25) is 0 Å². The Morgan fingerprint density at radius 3 is 3.12 bits per heavy atom. The molecule has 2 atom stereocenters. The molecule has 88 valence electrons. The van der Waals surface area contributed by atoms with Crippen molar-refractivity contribution in [3.8, 4) is 11.5 Å². The fourth-order valence-electron chi connectivity index (χ4n) is 2.08. The molecular formula is C13H19NO2. The number of aromatic hydroxyl groups is 1. The van der Waals surface area contributed by atoms with Gasteiger partial charge < -0.3 is 15.2 Å². The molecule has 0 radical (unpaired) electrons. The Morgan fingerprint density at radius 1 is 1.44 bits per heavy atom. The molecule has 0 spiro atoms. The number of hydrogen-bond donors (Lipinski definition) is 2. The molecule has 1 fully saturated rings. The normalized spacial score (nSPS) is 26.1. The Bertz CT molecular complexity index is 340. The summed E-state index contributed by atoms with van der Waals surface area (Å²) in [6.45, 7) is 4.28. The van der Waals surface area contributed by atoms with E-state index in [-0.39, 0.29) is 11.9 Å². The molecule has 0 bridgehead atoms. The molecule has 0 aliphatic carbocycles. The topological polar surface area (TPSA) is 41.5 Å². The van der Waals surface area contributed by atoms with Crippen LogP contribution in [0.2, 0.25) is 0 Å². The van der Waals surface area contributed by atoms with Crippen molar-refractivity contribution in [2.24, 2.45) is 5.92 Å². The van der Waals surface area contributed by atoms with Gasteiger partial charge in [-0.05, 0) is 31.5 Å². The average molecular weight is 221 g/mol. The van der Waals surface area contributed by atoms with Crippen LogP contribution < -0.4 is 10.1 Å². The zero-order valence-electron chi connectivity index (χ0n) is 9.65. The zero-order chi connectivity index (χ0) is 11.4. The molecule has 1 aliphatic heterocycles. The fraction of sp³-hybridized carbons (Fsp3) is 0.538. The molecule has 2 unspecified atom stereocenters. The van der Waals surface area contributed by atoms with E-state index < -0.39 is 0 Å². The Hall–Kier alpha value is -1.22. The maximum absolute atomic E-state index is 9.37. The van der Waals surface area contributed by atoms with Crippen molar-refractivity contribution in [2.45, 2.75) is 25.9 Å². The van der Waals surface area contributed by atoms with Crippen molar-refractivity contribution < 1.29 is 9.84 Å². The molecule has 0 amide bonds. The molecule has 0 aromatic heterocycles. The molecule has 2 N–H and O–H groups in total. The molecule has 16 heavy (non-hydrogen) atoms. The van der Waals surface area contributed by atoms with Gasteiger partial charge in [0, 0.05) is 18.5 Å². The van der Waals surface area contributed by atoms with Gasteiger partial charge in [0.1, 0.15) is 17.6 Å². The second-order valence-electron chi connectivity index (χ2n) is 4.48. The third kappa shape index (κ3) is 2.89. The Balaban J connectivity index is 2.02. The first-order chi connectivity index (χ1) is 7.75. The summed E-state index contributed by atoms with van der Waals surface area (Å²) in [5.41, 5.74) is 0. The van der Waals surface area contributed by atoms with Gasteiger partial charge in [0.25, 0.3) is 0 Å². The van der Waals surface area contributed by atoms with Crippen LogP contribution in [0.25, 0.3) is 0 Å². The smallest absolute Gasteiger partial charge is 0.123 e. The number of nitrogens with one attached hydrogen (secondary N) is 1. The second-order valence-corrected chi connectivity index (χ2v) is 4.48. The molecule has 3 nitrogen and oxygen atoms in total. The van der Waals surface area contributed by atoms with Crippen molar-refractivity contribution >= 4 is 0 Å². The SMILES string of the molecule is CC1CNCCCC1Oc1cccc(O)c1. The van der Waals surface area contributed by atoms with E-state index in [4.69, 9.17) is 4.74 Å². The van der Waals surface area contributed by atoms with Gasteiger partial charge in [0.05, 0.1) is 0 Å². The van der Waals surface area contributed by atoms with E-state index in [2.05, 4.69) is 12.2 Å². The van der Waals surface area contributed by atoms with Crippen LogP contribution in [-0.2, 0) is 0 Å². The Morgan fingerprint density at radius 2 is 2.31 bits per heavy atom. The highest BCUT2D eigenvalue weighted by molar-refractivity contribution is 5.31. The number of ether oxygens (including phenoxy) is 1. The monoisotopic (exact) mass is 221 g/mol. The number of rotatable bonds is 2. The average Bonchev–Trinajstić information content (AvgIpc) is 2.45. The van der Waals surface area contributed by atoms with Gasteiger partial charge in [-0.25, -0.2) is 0 Å². The lowest BCUT2D eigenvalue weighted by molar-refractivity contribution is 0.140. The summed E-state index contributed by atoms with van der Waals surface area (Å²) in [5, 5.41) is 12.8. The molecule has 1 aliphatic rings. The second kappa shape index (κ2) is 5.21. The van der Waals surface area contributed by atoms with Gasteiger partial charge in [0.2, 0.25) is 0 Å². The van der Waals surface area contributed by atoms with Crippen LogP contribution in [0.4, 0.5) is 0 Å². The van der Waals surface area contributed by atoms with E-state index >= 15 is 0 Å². The molecule has 1 heterocycles. The first-order valence-corrected chi connectivity index (χ1v) is 5.92. The van der Waals surface area contributed by atoms with Gasteiger partial charge in [-0.2, -0.15) is 0 Å². The largest absolute Gasteiger partial charge is 0.508 e. The Kier molecular flexibility index (Phi) is 3.67. The van der Waals surface area contributed by atoms with Crippen LogP contribution in [0.1, 0.15) is 19.8 Å². The summed E-state index contributed by atoms with van der Waals surface area (Å²) in [5.74, 6) is 1.53. The predicted molar refractivity (Wildman–Crippen MR) is 63.8 cm³/mol. The summed E-state index contributed by atoms with van der Waals surface area (Å²) in [4.78, 5) is 0. The van der Waals surface area contributed by atoms with E-state index in [1.54, 1.807) is 12.1 Å². The minimum absolute atomic E-state index is 0.247.